The Morgan fingerprint density at radius 1 is 0.936 bits per heavy atom. The first kappa shape index (κ1) is 33.0. The van der Waals surface area contributed by atoms with E-state index in [1.807, 2.05) is 43.3 Å². The Morgan fingerprint density at radius 2 is 1.60 bits per heavy atom. The predicted molar refractivity (Wildman–Crippen MR) is 166 cm³/mol. The zero-order chi connectivity index (χ0) is 33.8. The van der Waals surface area contributed by atoms with Crippen molar-refractivity contribution < 1.29 is 45.8 Å². The molecule has 0 radical (unpaired) electrons. The summed E-state index contributed by atoms with van der Waals surface area (Å²) in [6, 6.07) is 15.5. The summed E-state index contributed by atoms with van der Waals surface area (Å²) >= 11 is 3.43. The van der Waals surface area contributed by atoms with Crippen LogP contribution in [0.2, 0.25) is 0 Å². The second kappa shape index (κ2) is 12.3. The first-order valence-corrected chi connectivity index (χ1v) is 15.7. The molecule has 12 heteroatoms. The van der Waals surface area contributed by atoms with Crippen molar-refractivity contribution in [2.75, 3.05) is 11.5 Å². The molecule has 2 saturated heterocycles. The van der Waals surface area contributed by atoms with Crippen molar-refractivity contribution in [3.63, 3.8) is 0 Å². The largest absolute Gasteiger partial charge is 0.507 e. The lowest BCUT2D eigenvalue weighted by molar-refractivity contribution is -0.143. The number of hydrogen-bond donors (Lipinski definition) is 1. The number of hydrogen-bond acceptors (Lipinski definition) is 4. The monoisotopic (exact) mass is 719 g/mol. The number of phenols is 1. The number of rotatable bonds is 6. The van der Waals surface area contributed by atoms with Gasteiger partial charge in [-0.2, -0.15) is 26.3 Å². The molecule has 0 spiro atoms. The van der Waals surface area contributed by atoms with Crippen LogP contribution < -0.4 is 4.90 Å². The van der Waals surface area contributed by atoms with Gasteiger partial charge in [0.05, 0.1) is 41.4 Å². The Bertz CT molecular complexity index is 1770. The van der Waals surface area contributed by atoms with E-state index in [0.29, 0.717) is 35.4 Å². The van der Waals surface area contributed by atoms with Crippen molar-refractivity contribution in [1.29, 1.82) is 0 Å². The van der Waals surface area contributed by atoms with Crippen LogP contribution in [0.25, 0.3) is 11.6 Å². The van der Waals surface area contributed by atoms with Gasteiger partial charge in [-0.1, -0.05) is 51.8 Å². The molecule has 0 bridgehead atoms. The molecular weight excluding hydrogens is 692 g/mol. The van der Waals surface area contributed by atoms with Gasteiger partial charge >= 0.3 is 12.4 Å². The minimum Gasteiger partial charge on any atom is -0.507 e. The van der Waals surface area contributed by atoms with Crippen molar-refractivity contribution in [3.8, 4) is 5.75 Å². The number of alkyl halides is 6. The van der Waals surface area contributed by atoms with E-state index >= 15 is 0 Å². The maximum absolute atomic E-state index is 13.8. The summed E-state index contributed by atoms with van der Waals surface area (Å²) in [5, 5.41) is 10.5. The molecular formula is C35H28BrF6NO4. The number of allylic oxidation sites excluding steroid dienone is 2. The number of aromatic hydroxyl groups is 1. The van der Waals surface area contributed by atoms with Crippen LogP contribution in [0.5, 0.6) is 5.75 Å². The van der Waals surface area contributed by atoms with Crippen LogP contribution in [0, 0.1) is 17.8 Å². The summed E-state index contributed by atoms with van der Waals surface area (Å²) in [6.45, 7) is 1.90. The highest BCUT2D eigenvalue weighted by Crippen LogP contribution is 2.51. The van der Waals surface area contributed by atoms with Crippen molar-refractivity contribution in [1.82, 2.24) is 0 Å². The minimum atomic E-state index is -5.13. The number of fused-ring (bicyclic) bond motifs is 3. The highest BCUT2D eigenvalue weighted by Gasteiger charge is 2.57. The van der Waals surface area contributed by atoms with Gasteiger partial charge in [-0.25, -0.2) is 4.90 Å². The van der Waals surface area contributed by atoms with E-state index in [4.69, 9.17) is 4.74 Å². The van der Waals surface area contributed by atoms with E-state index < -0.39 is 64.8 Å². The normalized spacial score (nSPS) is 23.4. The van der Waals surface area contributed by atoms with E-state index in [0.717, 1.165) is 26.8 Å². The molecule has 1 N–H and O–H groups in total. The van der Waals surface area contributed by atoms with Gasteiger partial charge in [0.25, 0.3) is 0 Å². The lowest BCUT2D eigenvalue weighted by atomic mass is 9.70. The molecule has 0 aromatic heterocycles. The topological polar surface area (TPSA) is 66.8 Å². The van der Waals surface area contributed by atoms with Crippen molar-refractivity contribution in [2.45, 2.75) is 44.6 Å². The molecule has 0 saturated carbocycles. The molecule has 6 rings (SSSR count). The number of carbonyl (C=O) groups is 2. The number of halogens is 7. The Morgan fingerprint density at radius 3 is 2.23 bits per heavy atom. The smallest absolute Gasteiger partial charge is 0.416 e. The third-order valence-corrected chi connectivity index (χ3v) is 9.62. The third kappa shape index (κ3) is 6.37. The lowest BCUT2D eigenvalue weighted by Gasteiger charge is -2.30. The van der Waals surface area contributed by atoms with Crippen LogP contribution in [0.15, 0.2) is 82.3 Å². The fraction of sp³-hybridized carbons (Fsp3) is 0.314. The fourth-order valence-electron chi connectivity index (χ4n) is 7.02. The van der Waals surface area contributed by atoms with Crippen LogP contribution in [-0.2, 0) is 26.7 Å². The molecule has 4 atom stereocenters. The number of benzene rings is 3. The standard InChI is InChI=1S/C35H28BrF6NO4/c1-18-11-26-31(33(46)43(32(26)45)25-15-22(34(37,38)39)14-23(16-25)35(40,41)42)27-17-47-29(30(18)27)10-7-20(19-5-3-2-4-6-19)12-21-13-24(36)8-9-28(21)44/h2-6,8-9,12-16,26-27,29,31,44H,7,10-11,17H2,1H3/b20-12-/t26-,27+,29-,31-/m1/s1. The minimum absolute atomic E-state index is 0.0308. The van der Waals surface area contributed by atoms with Crippen molar-refractivity contribution in [2.24, 2.45) is 17.8 Å². The van der Waals surface area contributed by atoms with Crippen LogP contribution >= 0.6 is 15.9 Å². The average Bonchev–Trinajstić information content (AvgIpc) is 3.54. The molecule has 246 valence electrons. The maximum Gasteiger partial charge on any atom is 0.416 e. The van der Waals surface area contributed by atoms with Gasteiger partial charge in [-0.05, 0) is 85.4 Å². The van der Waals surface area contributed by atoms with Gasteiger partial charge in [0.1, 0.15) is 5.75 Å². The average molecular weight is 721 g/mol. The van der Waals surface area contributed by atoms with E-state index in [2.05, 4.69) is 15.9 Å². The van der Waals surface area contributed by atoms with Crippen LogP contribution in [0.3, 0.4) is 0 Å². The SMILES string of the molecule is CC1=C2[C@@H](CC/C(=C/c3cc(Br)ccc3O)c3ccccc3)OC[C@@H]2[C@@H]2C(=O)N(c3cc(C(F)(F)F)cc(C(F)(F)F)c3)C(=O)[C@@H]2C1. The Labute approximate surface area is 274 Å². The van der Waals surface area contributed by atoms with Gasteiger partial charge in [0.2, 0.25) is 11.8 Å². The summed E-state index contributed by atoms with van der Waals surface area (Å²) in [5.41, 5.74) is 0.163. The molecule has 2 aliphatic heterocycles. The second-order valence-electron chi connectivity index (χ2n) is 12.1. The third-order valence-electron chi connectivity index (χ3n) is 9.12. The van der Waals surface area contributed by atoms with Crippen molar-refractivity contribution >= 4 is 45.1 Å². The number of amides is 2. The van der Waals surface area contributed by atoms with Crippen LogP contribution in [0.1, 0.15) is 48.4 Å². The van der Waals surface area contributed by atoms with Gasteiger partial charge in [0, 0.05) is 16.0 Å². The predicted octanol–water partition coefficient (Wildman–Crippen LogP) is 9.05. The van der Waals surface area contributed by atoms with Crippen LogP contribution in [0.4, 0.5) is 32.0 Å². The zero-order valence-corrected chi connectivity index (χ0v) is 26.4. The molecule has 3 aromatic carbocycles. The highest BCUT2D eigenvalue weighted by molar-refractivity contribution is 9.10. The number of phenolic OH excluding ortho intramolecular Hbond substituents is 1. The molecule has 2 amide bonds. The van der Waals surface area contributed by atoms with Gasteiger partial charge in [-0.3, -0.25) is 9.59 Å². The molecule has 47 heavy (non-hydrogen) atoms. The number of nitrogens with zero attached hydrogens (tertiary/aromatic N) is 1. The van der Waals surface area contributed by atoms with E-state index in [-0.39, 0.29) is 24.8 Å². The number of ether oxygens (including phenoxy) is 1. The molecule has 2 heterocycles. The molecule has 3 aromatic rings. The first-order chi connectivity index (χ1) is 22.1. The Kier molecular flexibility index (Phi) is 8.63. The summed E-state index contributed by atoms with van der Waals surface area (Å²) in [6.07, 6.45) is -7.65. The second-order valence-corrected chi connectivity index (χ2v) is 13.0. The van der Waals surface area contributed by atoms with Gasteiger partial charge < -0.3 is 9.84 Å². The molecule has 0 unspecified atom stereocenters. The quantitative estimate of drug-likeness (QED) is 0.120. The number of anilines is 1. The van der Waals surface area contributed by atoms with E-state index in [1.165, 1.54) is 0 Å². The summed E-state index contributed by atoms with van der Waals surface area (Å²) in [7, 11) is 0. The van der Waals surface area contributed by atoms with E-state index in [1.54, 1.807) is 18.2 Å². The fourth-order valence-corrected chi connectivity index (χ4v) is 7.40. The Hall–Kier alpha value is -3.90. The van der Waals surface area contributed by atoms with Gasteiger partial charge in [0.15, 0.2) is 0 Å². The lowest BCUT2D eigenvalue weighted by Crippen LogP contribution is -2.34. The highest BCUT2D eigenvalue weighted by atomic mass is 79.9. The maximum atomic E-state index is 13.8. The van der Waals surface area contributed by atoms with Crippen LogP contribution in [-0.4, -0.2) is 29.6 Å². The first-order valence-electron chi connectivity index (χ1n) is 14.9. The summed E-state index contributed by atoms with van der Waals surface area (Å²) in [5.74, 6) is -4.00. The molecule has 5 nitrogen and oxygen atoms in total. The molecule has 3 aliphatic rings. The van der Waals surface area contributed by atoms with Gasteiger partial charge in [-0.15, -0.1) is 0 Å². The van der Waals surface area contributed by atoms with E-state index in [9.17, 15) is 41.0 Å². The number of imide groups is 1. The van der Waals surface area contributed by atoms with Crippen molar-refractivity contribution in [3.05, 3.63) is 105 Å². The molecule has 2 fully saturated rings. The Balaban J connectivity index is 1.28. The zero-order valence-electron chi connectivity index (χ0n) is 24.8. The number of carbonyl (C=O) groups excluding carboxylic acids is 2. The summed E-state index contributed by atoms with van der Waals surface area (Å²) in [4.78, 5) is 27.8. The molecule has 1 aliphatic carbocycles. The summed E-state index contributed by atoms with van der Waals surface area (Å²) < 4.78 is 88.5.